The van der Waals surface area contributed by atoms with Gasteiger partial charge < -0.3 is 15.0 Å². The molecule has 0 saturated heterocycles. The molecular weight excluding hydrogens is 376 g/mol. The number of hydrogen-bond acceptors (Lipinski definition) is 4. The van der Waals surface area contributed by atoms with Crippen LogP contribution in [-0.2, 0) is 23.1 Å². The van der Waals surface area contributed by atoms with Gasteiger partial charge in [-0.2, -0.15) is 0 Å². The summed E-state index contributed by atoms with van der Waals surface area (Å²) in [5, 5.41) is 3.27. The molecule has 0 atom stereocenters. The van der Waals surface area contributed by atoms with Crippen molar-refractivity contribution in [3.63, 3.8) is 0 Å². The van der Waals surface area contributed by atoms with E-state index in [1.54, 1.807) is 25.2 Å². The van der Waals surface area contributed by atoms with Gasteiger partial charge >= 0.3 is 0 Å². The largest absolute Gasteiger partial charge is 0.494 e. The molecule has 0 saturated carbocycles. The molecule has 0 radical (unpaired) electrons. The molecule has 2 aromatic rings. The second-order valence-electron chi connectivity index (χ2n) is 6.19. The zero-order valence-corrected chi connectivity index (χ0v) is 17.6. The van der Waals surface area contributed by atoms with Gasteiger partial charge in [-0.25, -0.2) is 13.1 Å². The van der Waals surface area contributed by atoms with Gasteiger partial charge in [0.1, 0.15) is 5.75 Å². The van der Waals surface area contributed by atoms with Gasteiger partial charge in [0, 0.05) is 27.2 Å². The van der Waals surface area contributed by atoms with Crippen LogP contribution in [0.1, 0.15) is 18.1 Å². The molecule has 0 amide bonds. The highest BCUT2D eigenvalue weighted by Crippen LogP contribution is 2.14. The average molecular weight is 405 g/mol. The Labute approximate surface area is 167 Å². The van der Waals surface area contributed by atoms with Crippen molar-refractivity contribution in [1.29, 1.82) is 0 Å². The van der Waals surface area contributed by atoms with E-state index in [0.717, 1.165) is 22.8 Å². The van der Waals surface area contributed by atoms with Gasteiger partial charge in [0.15, 0.2) is 5.96 Å². The van der Waals surface area contributed by atoms with E-state index in [1.165, 1.54) is 7.05 Å². The van der Waals surface area contributed by atoms with Crippen LogP contribution in [0.4, 0.5) is 0 Å². The van der Waals surface area contributed by atoms with Crippen molar-refractivity contribution in [3.05, 3.63) is 59.7 Å². The Morgan fingerprint density at radius 3 is 2.46 bits per heavy atom. The lowest BCUT2D eigenvalue weighted by Gasteiger charge is -2.22. The Morgan fingerprint density at radius 2 is 1.86 bits per heavy atom. The van der Waals surface area contributed by atoms with E-state index < -0.39 is 10.0 Å². The highest BCUT2D eigenvalue weighted by Gasteiger charge is 2.12. The maximum atomic E-state index is 12.0. The molecule has 0 bridgehead atoms. The number of hydrogen-bond donors (Lipinski definition) is 2. The van der Waals surface area contributed by atoms with Crippen LogP contribution in [0, 0.1) is 0 Å². The van der Waals surface area contributed by atoms with Gasteiger partial charge in [-0.15, -0.1) is 0 Å². The summed E-state index contributed by atoms with van der Waals surface area (Å²) in [6.45, 7) is 3.75. The summed E-state index contributed by atoms with van der Waals surface area (Å²) in [5.74, 6) is 1.57. The van der Waals surface area contributed by atoms with Gasteiger partial charge in [0.25, 0.3) is 0 Å². The van der Waals surface area contributed by atoms with Crippen molar-refractivity contribution in [1.82, 2.24) is 14.9 Å². The third kappa shape index (κ3) is 5.97. The molecule has 2 rings (SSSR count). The standard InChI is InChI=1S/C20H28N4O3S/c1-5-27-18-11-9-16(10-12-18)15-24(4)20(21-2)23-14-17-7-6-8-19(13-17)28(25,26)22-3/h6-13,22H,5,14-15H2,1-4H3,(H,21,23). The molecule has 28 heavy (non-hydrogen) atoms. The van der Waals surface area contributed by atoms with Crippen molar-refractivity contribution in [2.24, 2.45) is 4.99 Å². The molecule has 7 nitrogen and oxygen atoms in total. The summed E-state index contributed by atoms with van der Waals surface area (Å²) in [5.41, 5.74) is 1.99. The van der Waals surface area contributed by atoms with Gasteiger partial charge in [0.2, 0.25) is 10.0 Å². The number of nitrogens with one attached hydrogen (secondary N) is 2. The highest BCUT2D eigenvalue weighted by molar-refractivity contribution is 7.89. The van der Waals surface area contributed by atoms with Crippen LogP contribution in [0.25, 0.3) is 0 Å². The first-order valence-electron chi connectivity index (χ1n) is 9.05. The number of sulfonamides is 1. The molecule has 0 aliphatic carbocycles. The molecule has 0 unspecified atom stereocenters. The van der Waals surface area contributed by atoms with Crippen molar-refractivity contribution in [3.8, 4) is 5.75 Å². The smallest absolute Gasteiger partial charge is 0.240 e. The van der Waals surface area contributed by atoms with E-state index in [4.69, 9.17) is 4.74 Å². The fraction of sp³-hybridized carbons (Fsp3) is 0.350. The Morgan fingerprint density at radius 1 is 1.14 bits per heavy atom. The minimum absolute atomic E-state index is 0.243. The van der Waals surface area contributed by atoms with Gasteiger partial charge in [-0.05, 0) is 49.4 Å². The summed E-state index contributed by atoms with van der Waals surface area (Å²) < 4.78 is 31.7. The highest BCUT2D eigenvalue weighted by atomic mass is 32.2. The number of ether oxygens (including phenoxy) is 1. The summed E-state index contributed by atoms with van der Waals surface area (Å²) in [6, 6.07) is 14.8. The van der Waals surface area contributed by atoms with Gasteiger partial charge in [0.05, 0.1) is 11.5 Å². The van der Waals surface area contributed by atoms with Crippen LogP contribution in [0.5, 0.6) is 5.75 Å². The minimum atomic E-state index is -3.46. The molecular formula is C20H28N4O3S. The van der Waals surface area contributed by atoms with Crippen molar-refractivity contribution in [2.75, 3.05) is 27.7 Å². The SMILES string of the molecule is CCOc1ccc(CN(C)C(=NC)NCc2cccc(S(=O)(=O)NC)c2)cc1. The molecule has 0 aliphatic rings. The van der Waals surface area contributed by atoms with Crippen LogP contribution in [0.3, 0.4) is 0 Å². The van der Waals surface area contributed by atoms with Crippen LogP contribution in [-0.4, -0.2) is 47.0 Å². The molecule has 2 N–H and O–H groups in total. The molecule has 0 fully saturated rings. The van der Waals surface area contributed by atoms with E-state index in [-0.39, 0.29) is 4.90 Å². The Kier molecular flexibility index (Phi) is 7.83. The second-order valence-corrected chi connectivity index (χ2v) is 8.08. The van der Waals surface area contributed by atoms with Gasteiger partial charge in [-0.1, -0.05) is 24.3 Å². The molecule has 0 spiro atoms. The molecule has 0 aromatic heterocycles. The van der Waals surface area contributed by atoms with Crippen molar-refractivity contribution >= 4 is 16.0 Å². The maximum absolute atomic E-state index is 12.0. The second kappa shape index (κ2) is 10.1. The Bertz CT molecular complexity index is 896. The third-order valence-electron chi connectivity index (χ3n) is 4.16. The molecule has 0 heterocycles. The van der Waals surface area contributed by atoms with Crippen LogP contribution < -0.4 is 14.8 Å². The van der Waals surface area contributed by atoms with E-state index in [0.29, 0.717) is 19.7 Å². The van der Waals surface area contributed by atoms with E-state index >= 15 is 0 Å². The number of aliphatic imine (C=N–C) groups is 1. The van der Waals surface area contributed by atoms with Crippen LogP contribution >= 0.6 is 0 Å². The molecule has 8 heteroatoms. The van der Waals surface area contributed by atoms with E-state index in [1.807, 2.05) is 49.2 Å². The van der Waals surface area contributed by atoms with Crippen LogP contribution in [0.15, 0.2) is 58.4 Å². The van der Waals surface area contributed by atoms with Gasteiger partial charge in [-0.3, -0.25) is 4.99 Å². The fourth-order valence-corrected chi connectivity index (χ4v) is 3.51. The van der Waals surface area contributed by atoms with Crippen LogP contribution in [0.2, 0.25) is 0 Å². The lowest BCUT2D eigenvalue weighted by molar-refractivity contribution is 0.340. The first-order valence-corrected chi connectivity index (χ1v) is 10.5. The summed E-state index contributed by atoms with van der Waals surface area (Å²) >= 11 is 0. The summed E-state index contributed by atoms with van der Waals surface area (Å²) in [4.78, 5) is 6.56. The Hall–Kier alpha value is -2.58. The first-order chi connectivity index (χ1) is 13.4. The normalized spacial score (nSPS) is 11.9. The number of guanidine groups is 1. The van der Waals surface area contributed by atoms with Crippen molar-refractivity contribution in [2.45, 2.75) is 24.9 Å². The molecule has 2 aromatic carbocycles. The average Bonchev–Trinajstić information content (AvgIpc) is 2.70. The zero-order chi connectivity index (χ0) is 20.6. The topological polar surface area (TPSA) is 83.0 Å². The predicted octanol–water partition coefficient (Wildman–Crippen LogP) is 2.20. The number of benzene rings is 2. The number of nitrogens with zero attached hydrogens (tertiary/aromatic N) is 2. The maximum Gasteiger partial charge on any atom is 0.240 e. The lowest BCUT2D eigenvalue weighted by Crippen LogP contribution is -2.38. The zero-order valence-electron chi connectivity index (χ0n) is 16.8. The van der Waals surface area contributed by atoms with E-state index in [2.05, 4.69) is 15.0 Å². The first kappa shape index (κ1) is 21.7. The molecule has 0 aliphatic heterocycles. The Balaban J connectivity index is 1.99. The number of rotatable bonds is 8. The van der Waals surface area contributed by atoms with E-state index in [9.17, 15) is 8.42 Å². The minimum Gasteiger partial charge on any atom is -0.494 e. The van der Waals surface area contributed by atoms with Crippen molar-refractivity contribution < 1.29 is 13.2 Å². The third-order valence-corrected chi connectivity index (χ3v) is 5.57. The summed E-state index contributed by atoms with van der Waals surface area (Å²) in [7, 11) is 1.62. The quantitative estimate of drug-likeness (QED) is 0.521. The predicted molar refractivity (Wildman–Crippen MR) is 112 cm³/mol. The summed E-state index contributed by atoms with van der Waals surface area (Å²) in [6.07, 6.45) is 0. The fourth-order valence-electron chi connectivity index (χ4n) is 2.71. The monoisotopic (exact) mass is 404 g/mol. The molecule has 152 valence electrons. The lowest BCUT2D eigenvalue weighted by atomic mass is 10.2.